The molecule has 1 heterocycles. The number of hydrogen-bond acceptors (Lipinski definition) is 3. The molecular weight excluding hydrogens is 230 g/mol. The first-order valence-corrected chi connectivity index (χ1v) is 6.03. The zero-order valence-electron chi connectivity index (χ0n) is 10.1. The minimum Gasteiger partial charge on any atom is -0.292 e. The SMILES string of the molecule is Cc1ccc(C(=O)CN2C(=O)C3CC3C2=O)cc1. The van der Waals surface area contributed by atoms with Crippen LogP contribution in [-0.4, -0.2) is 29.0 Å². The van der Waals surface area contributed by atoms with Crippen LogP contribution in [0.1, 0.15) is 22.3 Å². The molecule has 1 saturated heterocycles. The molecule has 92 valence electrons. The van der Waals surface area contributed by atoms with E-state index in [9.17, 15) is 14.4 Å². The fourth-order valence-corrected chi connectivity index (χ4v) is 2.38. The summed E-state index contributed by atoms with van der Waals surface area (Å²) in [5.41, 5.74) is 1.61. The van der Waals surface area contributed by atoms with Gasteiger partial charge in [0.05, 0.1) is 18.4 Å². The topological polar surface area (TPSA) is 54.5 Å². The molecule has 3 rings (SSSR count). The monoisotopic (exact) mass is 243 g/mol. The second-order valence-electron chi connectivity index (χ2n) is 5.00. The number of ketones is 1. The number of benzene rings is 1. The van der Waals surface area contributed by atoms with Gasteiger partial charge in [0.25, 0.3) is 0 Å². The fraction of sp³-hybridized carbons (Fsp3) is 0.357. The van der Waals surface area contributed by atoms with Crippen LogP contribution in [0.25, 0.3) is 0 Å². The van der Waals surface area contributed by atoms with Gasteiger partial charge < -0.3 is 0 Å². The number of Topliss-reactive ketones (excluding diaryl/α,β-unsaturated/α-hetero) is 1. The smallest absolute Gasteiger partial charge is 0.233 e. The van der Waals surface area contributed by atoms with Crippen LogP contribution < -0.4 is 0 Å². The standard InChI is InChI=1S/C14H13NO3/c1-8-2-4-9(5-3-8)12(16)7-15-13(17)10-6-11(10)14(15)18/h2-5,10-11H,6-7H2,1H3. The third-order valence-electron chi connectivity index (χ3n) is 3.63. The molecule has 0 spiro atoms. The predicted octanol–water partition coefficient (Wildman–Crippen LogP) is 1.18. The van der Waals surface area contributed by atoms with Gasteiger partial charge in [-0.15, -0.1) is 0 Å². The first-order valence-electron chi connectivity index (χ1n) is 6.03. The molecule has 0 N–H and O–H groups in total. The average molecular weight is 243 g/mol. The predicted molar refractivity (Wildman–Crippen MR) is 63.8 cm³/mol. The van der Waals surface area contributed by atoms with E-state index in [4.69, 9.17) is 0 Å². The van der Waals surface area contributed by atoms with Crippen molar-refractivity contribution in [2.45, 2.75) is 13.3 Å². The highest BCUT2D eigenvalue weighted by Crippen LogP contribution is 2.46. The Balaban J connectivity index is 1.73. The van der Waals surface area contributed by atoms with Crippen molar-refractivity contribution in [2.24, 2.45) is 11.8 Å². The van der Waals surface area contributed by atoms with Crippen LogP contribution in [0, 0.1) is 18.8 Å². The molecule has 4 heteroatoms. The number of imide groups is 1. The molecule has 2 fully saturated rings. The van der Waals surface area contributed by atoms with Crippen LogP contribution in [0.2, 0.25) is 0 Å². The third kappa shape index (κ3) is 1.65. The summed E-state index contributed by atoms with van der Waals surface area (Å²) in [7, 11) is 0. The maximum Gasteiger partial charge on any atom is 0.233 e. The van der Waals surface area contributed by atoms with E-state index in [1.54, 1.807) is 12.1 Å². The van der Waals surface area contributed by atoms with Crippen LogP contribution >= 0.6 is 0 Å². The zero-order chi connectivity index (χ0) is 12.9. The second kappa shape index (κ2) is 3.77. The van der Waals surface area contributed by atoms with Gasteiger partial charge in [-0.2, -0.15) is 0 Å². The van der Waals surface area contributed by atoms with Gasteiger partial charge in [0.1, 0.15) is 0 Å². The summed E-state index contributed by atoms with van der Waals surface area (Å²) in [6.07, 6.45) is 0.674. The molecule has 4 nitrogen and oxygen atoms in total. The second-order valence-corrected chi connectivity index (χ2v) is 5.00. The van der Waals surface area contributed by atoms with Gasteiger partial charge in [-0.1, -0.05) is 29.8 Å². The molecule has 0 bridgehead atoms. The Morgan fingerprint density at radius 3 is 2.28 bits per heavy atom. The lowest BCUT2D eigenvalue weighted by atomic mass is 10.1. The van der Waals surface area contributed by atoms with Crippen molar-refractivity contribution in [2.75, 3.05) is 6.54 Å². The van der Waals surface area contributed by atoms with Gasteiger partial charge >= 0.3 is 0 Å². The number of likely N-dealkylation sites (tertiary alicyclic amines) is 1. The number of hydrogen-bond donors (Lipinski definition) is 0. The van der Waals surface area contributed by atoms with E-state index in [1.807, 2.05) is 19.1 Å². The third-order valence-corrected chi connectivity index (χ3v) is 3.63. The summed E-state index contributed by atoms with van der Waals surface area (Å²) in [5, 5.41) is 0. The van der Waals surface area contributed by atoms with Crippen LogP contribution in [0.4, 0.5) is 0 Å². The Labute approximate surface area is 105 Å². The minimum absolute atomic E-state index is 0.117. The average Bonchev–Trinajstić information content (AvgIpc) is 3.10. The normalized spacial score (nSPS) is 25.3. The number of amides is 2. The summed E-state index contributed by atoms with van der Waals surface area (Å²) in [4.78, 5) is 36.6. The summed E-state index contributed by atoms with van der Waals surface area (Å²) in [6.45, 7) is 1.82. The number of carbonyl (C=O) groups excluding carboxylic acids is 3. The molecule has 2 amide bonds. The van der Waals surface area contributed by atoms with Crippen LogP contribution in [0.5, 0.6) is 0 Å². The number of rotatable bonds is 3. The van der Waals surface area contributed by atoms with E-state index < -0.39 is 0 Å². The molecule has 0 radical (unpaired) electrons. The molecule has 1 aliphatic heterocycles. The molecule has 1 saturated carbocycles. The van der Waals surface area contributed by atoms with E-state index >= 15 is 0 Å². The maximum absolute atomic E-state index is 12.0. The number of carbonyl (C=O) groups is 3. The van der Waals surface area contributed by atoms with Crippen molar-refractivity contribution < 1.29 is 14.4 Å². The quantitative estimate of drug-likeness (QED) is 0.591. The lowest BCUT2D eigenvalue weighted by molar-refractivity contribution is -0.140. The van der Waals surface area contributed by atoms with Crippen LogP contribution in [-0.2, 0) is 9.59 Å². The Morgan fingerprint density at radius 1 is 1.17 bits per heavy atom. The molecule has 2 aliphatic rings. The van der Waals surface area contributed by atoms with Crippen molar-refractivity contribution in [1.82, 2.24) is 4.90 Å². The Morgan fingerprint density at radius 2 is 1.72 bits per heavy atom. The Bertz CT molecular complexity index is 527. The van der Waals surface area contributed by atoms with E-state index in [0.29, 0.717) is 12.0 Å². The van der Waals surface area contributed by atoms with Gasteiger partial charge in [0.2, 0.25) is 11.8 Å². The molecule has 18 heavy (non-hydrogen) atoms. The van der Waals surface area contributed by atoms with Crippen molar-refractivity contribution in [3.8, 4) is 0 Å². The highest BCUT2D eigenvalue weighted by Gasteiger charge is 2.58. The first-order chi connectivity index (χ1) is 8.58. The lowest BCUT2D eigenvalue weighted by Crippen LogP contribution is -2.37. The van der Waals surface area contributed by atoms with Crippen molar-refractivity contribution >= 4 is 17.6 Å². The largest absolute Gasteiger partial charge is 0.292 e. The van der Waals surface area contributed by atoms with E-state index in [1.165, 1.54) is 0 Å². The van der Waals surface area contributed by atoms with Crippen molar-refractivity contribution in [3.05, 3.63) is 35.4 Å². The van der Waals surface area contributed by atoms with Crippen LogP contribution in [0.3, 0.4) is 0 Å². The fourth-order valence-electron chi connectivity index (χ4n) is 2.38. The summed E-state index contributed by atoms with van der Waals surface area (Å²) in [5.74, 6) is -0.805. The van der Waals surface area contributed by atoms with Gasteiger partial charge in [-0.05, 0) is 13.3 Å². The number of piperidine rings is 1. The highest BCUT2D eigenvalue weighted by atomic mass is 16.2. The lowest BCUT2D eigenvalue weighted by Gasteiger charge is -2.15. The molecule has 1 aromatic carbocycles. The van der Waals surface area contributed by atoms with E-state index in [2.05, 4.69) is 0 Å². The van der Waals surface area contributed by atoms with E-state index in [-0.39, 0.29) is 36.0 Å². The molecule has 0 aromatic heterocycles. The van der Waals surface area contributed by atoms with Gasteiger partial charge in [0, 0.05) is 5.56 Å². The molecule has 2 unspecified atom stereocenters. The summed E-state index contributed by atoms with van der Waals surface area (Å²) in [6, 6.07) is 7.14. The van der Waals surface area contributed by atoms with Gasteiger partial charge in [0.15, 0.2) is 5.78 Å². The minimum atomic E-state index is -0.182. The van der Waals surface area contributed by atoms with Gasteiger partial charge in [-0.3, -0.25) is 19.3 Å². The summed E-state index contributed by atoms with van der Waals surface area (Å²) < 4.78 is 0. The van der Waals surface area contributed by atoms with Gasteiger partial charge in [-0.25, -0.2) is 0 Å². The van der Waals surface area contributed by atoms with Crippen LogP contribution in [0.15, 0.2) is 24.3 Å². The molecule has 1 aromatic rings. The Kier molecular flexibility index (Phi) is 2.33. The van der Waals surface area contributed by atoms with Crippen molar-refractivity contribution in [1.29, 1.82) is 0 Å². The molecule has 2 atom stereocenters. The first kappa shape index (κ1) is 11.1. The Hall–Kier alpha value is -1.97. The number of fused-ring (bicyclic) bond motifs is 1. The zero-order valence-corrected chi connectivity index (χ0v) is 10.1. The number of aryl methyl sites for hydroxylation is 1. The molecule has 1 aliphatic carbocycles. The van der Waals surface area contributed by atoms with Crippen molar-refractivity contribution in [3.63, 3.8) is 0 Å². The maximum atomic E-state index is 12.0. The molecular formula is C14H13NO3. The van der Waals surface area contributed by atoms with E-state index in [0.717, 1.165) is 10.5 Å². The number of nitrogens with zero attached hydrogens (tertiary/aromatic N) is 1. The summed E-state index contributed by atoms with van der Waals surface area (Å²) >= 11 is 0. The highest BCUT2D eigenvalue weighted by molar-refractivity contribution is 6.12.